The molecule has 30 heavy (non-hydrogen) atoms. The van der Waals surface area contributed by atoms with E-state index in [0.717, 1.165) is 22.6 Å². The largest absolute Gasteiger partial charge is 0.497 e. The van der Waals surface area contributed by atoms with Crippen LogP contribution in [-0.2, 0) is 0 Å². The highest BCUT2D eigenvalue weighted by Gasteiger charge is 2.19. The average molecular weight is 398 g/mol. The van der Waals surface area contributed by atoms with Crippen LogP contribution in [0.25, 0.3) is 17.1 Å². The molecule has 0 saturated heterocycles. The van der Waals surface area contributed by atoms with E-state index in [1.165, 1.54) is 5.56 Å². The molecule has 0 aliphatic carbocycles. The molecular formula is C24H22N4O2. The van der Waals surface area contributed by atoms with Crippen LogP contribution in [-0.4, -0.2) is 27.8 Å². The molecule has 0 bridgehead atoms. The van der Waals surface area contributed by atoms with Crippen molar-refractivity contribution in [3.05, 3.63) is 89.7 Å². The first-order chi connectivity index (χ1) is 14.5. The molecule has 6 nitrogen and oxygen atoms in total. The van der Waals surface area contributed by atoms with Crippen LogP contribution >= 0.6 is 0 Å². The zero-order valence-corrected chi connectivity index (χ0v) is 17.1. The number of aromatic nitrogens is 3. The molecule has 0 spiro atoms. The van der Waals surface area contributed by atoms with E-state index in [2.05, 4.69) is 15.4 Å². The Bertz CT molecular complexity index is 1180. The van der Waals surface area contributed by atoms with Crippen LogP contribution in [0.2, 0.25) is 0 Å². The van der Waals surface area contributed by atoms with Gasteiger partial charge in [0.05, 0.1) is 12.8 Å². The monoisotopic (exact) mass is 398 g/mol. The van der Waals surface area contributed by atoms with Crippen LogP contribution < -0.4 is 10.1 Å². The molecule has 3 aromatic carbocycles. The van der Waals surface area contributed by atoms with Gasteiger partial charge in [0.25, 0.3) is 5.91 Å². The zero-order valence-electron chi connectivity index (χ0n) is 17.1. The second-order valence-corrected chi connectivity index (χ2v) is 6.99. The number of anilines is 1. The zero-order chi connectivity index (χ0) is 21.1. The van der Waals surface area contributed by atoms with Crippen molar-refractivity contribution in [2.24, 2.45) is 0 Å². The van der Waals surface area contributed by atoms with E-state index < -0.39 is 0 Å². The lowest BCUT2D eigenvalue weighted by Crippen LogP contribution is -2.14. The fourth-order valence-corrected chi connectivity index (χ4v) is 3.09. The highest BCUT2D eigenvalue weighted by Crippen LogP contribution is 2.23. The molecule has 1 heterocycles. The van der Waals surface area contributed by atoms with Gasteiger partial charge in [-0.2, -0.15) is 0 Å². The van der Waals surface area contributed by atoms with Crippen molar-refractivity contribution in [3.8, 4) is 22.8 Å². The lowest BCUT2D eigenvalue weighted by molar-refractivity contribution is 0.101. The summed E-state index contributed by atoms with van der Waals surface area (Å²) in [5, 5.41) is 7.39. The maximum Gasteiger partial charge on any atom is 0.295 e. The first kappa shape index (κ1) is 19.4. The van der Waals surface area contributed by atoms with E-state index in [1.54, 1.807) is 11.8 Å². The molecule has 0 aliphatic rings. The van der Waals surface area contributed by atoms with E-state index in [0.29, 0.717) is 11.5 Å². The van der Waals surface area contributed by atoms with Gasteiger partial charge in [-0.25, -0.2) is 9.67 Å². The fraction of sp³-hybridized carbons (Fsp3) is 0.125. The summed E-state index contributed by atoms with van der Waals surface area (Å²) in [5.74, 6) is 1.07. The second-order valence-electron chi connectivity index (χ2n) is 6.99. The second kappa shape index (κ2) is 8.21. The highest BCUT2D eigenvalue weighted by molar-refractivity contribution is 6.01. The number of ether oxygens (including phenoxy) is 1. The number of amides is 1. The third-order valence-electron chi connectivity index (χ3n) is 4.92. The SMILES string of the molecule is COc1ccc(-n2nc(C(=O)Nc3ccc(C)c(C)c3)nc2-c2ccccc2)cc1. The van der Waals surface area contributed by atoms with E-state index in [9.17, 15) is 4.79 Å². The van der Waals surface area contributed by atoms with Crippen molar-refractivity contribution < 1.29 is 9.53 Å². The van der Waals surface area contributed by atoms with E-state index >= 15 is 0 Å². The summed E-state index contributed by atoms with van der Waals surface area (Å²) in [7, 11) is 1.62. The molecule has 4 aromatic rings. The van der Waals surface area contributed by atoms with Crippen molar-refractivity contribution in [3.63, 3.8) is 0 Å². The van der Waals surface area contributed by atoms with Crippen molar-refractivity contribution in [1.29, 1.82) is 0 Å². The summed E-state index contributed by atoms with van der Waals surface area (Å²) in [4.78, 5) is 17.4. The van der Waals surface area contributed by atoms with Crippen molar-refractivity contribution in [2.75, 3.05) is 12.4 Å². The van der Waals surface area contributed by atoms with Gasteiger partial charge in [-0.15, -0.1) is 5.10 Å². The van der Waals surface area contributed by atoms with Crippen LogP contribution in [0.4, 0.5) is 5.69 Å². The van der Waals surface area contributed by atoms with Gasteiger partial charge in [-0.05, 0) is 61.4 Å². The quantitative estimate of drug-likeness (QED) is 0.524. The first-order valence-electron chi connectivity index (χ1n) is 9.60. The number of hydrogen-bond donors (Lipinski definition) is 1. The number of carbonyl (C=O) groups excluding carboxylic acids is 1. The van der Waals surface area contributed by atoms with Crippen molar-refractivity contribution in [1.82, 2.24) is 14.8 Å². The van der Waals surface area contributed by atoms with Crippen molar-refractivity contribution in [2.45, 2.75) is 13.8 Å². The topological polar surface area (TPSA) is 69.0 Å². The molecule has 0 radical (unpaired) electrons. The van der Waals surface area contributed by atoms with Gasteiger partial charge in [-0.1, -0.05) is 36.4 Å². The fourth-order valence-electron chi connectivity index (χ4n) is 3.09. The Hall–Kier alpha value is -3.93. The Balaban J connectivity index is 1.72. The summed E-state index contributed by atoms with van der Waals surface area (Å²) >= 11 is 0. The van der Waals surface area contributed by atoms with Gasteiger partial charge < -0.3 is 10.1 Å². The summed E-state index contributed by atoms with van der Waals surface area (Å²) in [6.45, 7) is 4.04. The van der Waals surface area contributed by atoms with Crippen molar-refractivity contribution >= 4 is 11.6 Å². The summed E-state index contributed by atoms with van der Waals surface area (Å²) in [6, 6.07) is 22.9. The molecule has 0 fully saturated rings. The Labute approximate surface area is 175 Å². The van der Waals surface area contributed by atoms with Crippen LogP contribution in [0.5, 0.6) is 5.75 Å². The molecule has 1 amide bonds. The normalized spacial score (nSPS) is 10.6. The molecule has 1 N–H and O–H groups in total. The number of hydrogen-bond acceptors (Lipinski definition) is 4. The third-order valence-corrected chi connectivity index (χ3v) is 4.92. The van der Waals surface area contributed by atoms with Crippen LogP contribution in [0.15, 0.2) is 72.8 Å². The maximum absolute atomic E-state index is 12.9. The van der Waals surface area contributed by atoms with Gasteiger partial charge in [-0.3, -0.25) is 4.79 Å². The van der Waals surface area contributed by atoms with Crippen LogP contribution in [0, 0.1) is 13.8 Å². The standard InChI is InChI=1S/C24H22N4O2/c1-16-9-10-19(15-17(16)2)25-24(29)22-26-23(18-7-5-4-6-8-18)28(27-22)20-11-13-21(30-3)14-12-20/h4-15H,1-3H3,(H,25,29). The van der Waals surface area contributed by atoms with E-state index in [-0.39, 0.29) is 11.7 Å². The molecule has 0 unspecified atom stereocenters. The van der Waals surface area contributed by atoms with E-state index in [1.807, 2.05) is 86.6 Å². The Morgan fingerprint density at radius 1 is 0.933 bits per heavy atom. The number of rotatable bonds is 5. The Kier molecular flexibility index (Phi) is 5.30. The Morgan fingerprint density at radius 2 is 1.67 bits per heavy atom. The minimum Gasteiger partial charge on any atom is -0.497 e. The first-order valence-corrected chi connectivity index (χ1v) is 9.60. The van der Waals surface area contributed by atoms with Gasteiger partial charge in [0.1, 0.15) is 5.75 Å². The number of nitrogens with zero attached hydrogens (tertiary/aromatic N) is 3. The number of benzene rings is 3. The Morgan fingerprint density at radius 3 is 2.33 bits per heavy atom. The highest BCUT2D eigenvalue weighted by atomic mass is 16.5. The van der Waals surface area contributed by atoms with E-state index in [4.69, 9.17) is 4.74 Å². The lowest BCUT2D eigenvalue weighted by atomic mass is 10.1. The molecule has 1 aromatic heterocycles. The molecule has 4 rings (SSSR count). The molecule has 0 aliphatic heterocycles. The van der Waals surface area contributed by atoms with Gasteiger partial charge in [0.2, 0.25) is 5.82 Å². The summed E-state index contributed by atoms with van der Waals surface area (Å²) in [5.41, 5.74) is 4.64. The average Bonchev–Trinajstić information content (AvgIpc) is 3.23. The third kappa shape index (κ3) is 3.93. The van der Waals surface area contributed by atoms with Crippen LogP contribution in [0.3, 0.4) is 0 Å². The molecule has 6 heteroatoms. The van der Waals surface area contributed by atoms with Gasteiger partial charge in [0.15, 0.2) is 5.82 Å². The number of nitrogens with one attached hydrogen (secondary N) is 1. The molecule has 150 valence electrons. The molecule has 0 saturated carbocycles. The van der Waals surface area contributed by atoms with Gasteiger partial charge >= 0.3 is 0 Å². The smallest absolute Gasteiger partial charge is 0.295 e. The molecule has 0 atom stereocenters. The number of carbonyl (C=O) groups is 1. The predicted molar refractivity (Wildman–Crippen MR) is 117 cm³/mol. The lowest BCUT2D eigenvalue weighted by Gasteiger charge is -2.07. The molecular weight excluding hydrogens is 376 g/mol. The minimum atomic E-state index is -0.359. The summed E-state index contributed by atoms with van der Waals surface area (Å²) < 4.78 is 6.91. The maximum atomic E-state index is 12.9. The minimum absolute atomic E-state index is 0.0999. The summed E-state index contributed by atoms with van der Waals surface area (Å²) in [6.07, 6.45) is 0. The van der Waals surface area contributed by atoms with Crippen LogP contribution in [0.1, 0.15) is 21.7 Å². The number of methoxy groups -OCH3 is 1. The number of aryl methyl sites for hydroxylation is 2. The van der Waals surface area contributed by atoms with Gasteiger partial charge in [0, 0.05) is 11.3 Å². The predicted octanol–water partition coefficient (Wildman–Crippen LogP) is 4.81.